The van der Waals surface area contributed by atoms with Gasteiger partial charge in [-0.2, -0.15) is 5.10 Å². The summed E-state index contributed by atoms with van der Waals surface area (Å²) < 4.78 is 5.12. The summed E-state index contributed by atoms with van der Waals surface area (Å²) in [6, 6.07) is 15.2. The molecular weight excluding hydrogens is 338 g/mol. The molecular formula is C18H17N3O5. The van der Waals surface area contributed by atoms with Crippen LogP contribution < -0.4 is 15.5 Å². The smallest absolute Gasteiger partial charge is 0.341 e. The Hall–Kier alpha value is -3.68. The third-order valence-corrected chi connectivity index (χ3v) is 3.11. The van der Waals surface area contributed by atoms with Crippen LogP contribution in [0.5, 0.6) is 5.75 Å². The lowest BCUT2D eigenvalue weighted by molar-refractivity contribution is -0.139. The molecule has 0 aliphatic heterocycles. The lowest BCUT2D eigenvalue weighted by atomic mass is 10.2. The molecule has 0 atom stereocenters. The van der Waals surface area contributed by atoms with Crippen molar-refractivity contribution in [3.63, 3.8) is 0 Å². The van der Waals surface area contributed by atoms with Crippen LogP contribution in [0, 0.1) is 0 Å². The molecule has 134 valence electrons. The van der Waals surface area contributed by atoms with Crippen molar-refractivity contribution in [2.45, 2.75) is 0 Å². The fourth-order valence-electron chi connectivity index (χ4n) is 1.92. The standard InChI is InChI=1S/C18H17N3O5/c22-16(11-19-18(25)13-6-2-1-3-7-13)21-20-10-14-8-4-5-9-15(14)26-12-17(23)24/h1-10H,11-12H2,(H,19,25)(H,21,22)(H,23,24). The van der Waals surface area contributed by atoms with E-state index < -0.39 is 18.5 Å². The Morgan fingerprint density at radius 3 is 2.46 bits per heavy atom. The second kappa shape index (κ2) is 9.58. The first-order chi connectivity index (χ1) is 12.6. The van der Waals surface area contributed by atoms with Crippen LogP contribution in [0.15, 0.2) is 59.7 Å². The molecule has 8 heteroatoms. The van der Waals surface area contributed by atoms with Crippen LogP contribution in [-0.2, 0) is 9.59 Å². The third kappa shape index (κ3) is 6.08. The minimum atomic E-state index is -1.10. The van der Waals surface area contributed by atoms with Gasteiger partial charge >= 0.3 is 5.97 Å². The predicted molar refractivity (Wildman–Crippen MR) is 94.1 cm³/mol. The van der Waals surface area contributed by atoms with Gasteiger partial charge in [-0.3, -0.25) is 9.59 Å². The summed E-state index contributed by atoms with van der Waals surface area (Å²) in [5.74, 6) is -1.64. The van der Waals surface area contributed by atoms with Crippen LogP contribution >= 0.6 is 0 Å². The Balaban J connectivity index is 1.83. The van der Waals surface area contributed by atoms with Crippen LogP contribution in [0.25, 0.3) is 0 Å². The lowest BCUT2D eigenvalue weighted by Gasteiger charge is -2.06. The van der Waals surface area contributed by atoms with E-state index in [0.717, 1.165) is 0 Å². The lowest BCUT2D eigenvalue weighted by Crippen LogP contribution is -2.34. The molecule has 3 N–H and O–H groups in total. The number of hydrazone groups is 1. The minimum Gasteiger partial charge on any atom is -0.481 e. The number of para-hydroxylation sites is 1. The van der Waals surface area contributed by atoms with Crippen LogP contribution in [0.3, 0.4) is 0 Å². The Labute approximate surface area is 149 Å². The van der Waals surface area contributed by atoms with E-state index in [1.807, 2.05) is 0 Å². The molecule has 2 rings (SSSR count). The summed E-state index contributed by atoms with van der Waals surface area (Å²) in [4.78, 5) is 34.1. The second-order valence-corrected chi connectivity index (χ2v) is 5.06. The van der Waals surface area contributed by atoms with Crippen molar-refractivity contribution in [2.24, 2.45) is 5.10 Å². The minimum absolute atomic E-state index is 0.234. The van der Waals surface area contributed by atoms with Gasteiger partial charge < -0.3 is 15.2 Å². The van der Waals surface area contributed by atoms with E-state index in [-0.39, 0.29) is 12.5 Å². The molecule has 0 aromatic heterocycles. The van der Waals surface area contributed by atoms with E-state index >= 15 is 0 Å². The Kier molecular flexibility index (Phi) is 6.87. The Bertz CT molecular complexity index is 805. The Morgan fingerprint density at radius 2 is 1.73 bits per heavy atom. The molecule has 0 aliphatic carbocycles. The summed E-state index contributed by atoms with van der Waals surface area (Å²) >= 11 is 0. The fourth-order valence-corrected chi connectivity index (χ4v) is 1.92. The predicted octanol–water partition coefficient (Wildman–Crippen LogP) is 1.03. The van der Waals surface area contributed by atoms with Crippen molar-refractivity contribution in [2.75, 3.05) is 13.2 Å². The van der Waals surface area contributed by atoms with Gasteiger partial charge in [-0.1, -0.05) is 30.3 Å². The number of ether oxygens (including phenoxy) is 1. The summed E-state index contributed by atoms with van der Waals surface area (Å²) in [6.07, 6.45) is 1.33. The highest BCUT2D eigenvalue weighted by atomic mass is 16.5. The van der Waals surface area contributed by atoms with Crippen molar-refractivity contribution in [3.05, 3.63) is 65.7 Å². The van der Waals surface area contributed by atoms with Gasteiger partial charge in [0.15, 0.2) is 6.61 Å². The van der Waals surface area contributed by atoms with Crippen molar-refractivity contribution in [1.29, 1.82) is 0 Å². The van der Waals surface area contributed by atoms with Crippen molar-refractivity contribution in [1.82, 2.24) is 10.7 Å². The third-order valence-electron chi connectivity index (χ3n) is 3.11. The van der Waals surface area contributed by atoms with Gasteiger partial charge in [0, 0.05) is 11.1 Å². The molecule has 2 aromatic rings. The molecule has 0 unspecified atom stereocenters. The largest absolute Gasteiger partial charge is 0.481 e. The number of hydrogen-bond donors (Lipinski definition) is 3. The molecule has 8 nitrogen and oxygen atoms in total. The maximum Gasteiger partial charge on any atom is 0.341 e. The molecule has 0 radical (unpaired) electrons. The van der Waals surface area contributed by atoms with E-state index in [1.54, 1.807) is 54.6 Å². The number of aliphatic carboxylic acids is 1. The van der Waals surface area contributed by atoms with Crippen LogP contribution in [-0.4, -0.2) is 42.3 Å². The Morgan fingerprint density at radius 1 is 1.04 bits per heavy atom. The molecule has 0 fully saturated rings. The topological polar surface area (TPSA) is 117 Å². The van der Waals surface area contributed by atoms with E-state index in [4.69, 9.17) is 9.84 Å². The number of hydrogen-bond acceptors (Lipinski definition) is 5. The zero-order valence-corrected chi connectivity index (χ0v) is 13.7. The number of nitrogens with one attached hydrogen (secondary N) is 2. The van der Waals surface area contributed by atoms with Crippen LogP contribution in [0.2, 0.25) is 0 Å². The van der Waals surface area contributed by atoms with Crippen molar-refractivity contribution >= 4 is 24.0 Å². The van der Waals surface area contributed by atoms with Gasteiger partial charge in [0.1, 0.15) is 5.75 Å². The number of carboxylic acid groups (broad SMARTS) is 1. The van der Waals surface area contributed by atoms with E-state index in [1.165, 1.54) is 6.21 Å². The normalized spacial score (nSPS) is 10.3. The molecule has 0 saturated heterocycles. The first-order valence-corrected chi connectivity index (χ1v) is 7.65. The number of carbonyl (C=O) groups is 3. The number of carbonyl (C=O) groups excluding carboxylic acids is 2. The van der Waals surface area contributed by atoms with Gasteiger partial charge in [-0.25, -0.2) is 10.2 Å². The van der Waals surface area contributed by atoms with Crippen molar-refractivity contribution < 1.29 is 24.2 Å². The number of nitrogens with zero attached hydrogens (tertiary/aromatic N) is 1. The highest BCUT2D eigenvalue weighted by Gasteiger charge is 2.07. The molecule has 26 heavy (non-hydrogen) atoms. The van der Waals surface area contributed by atoms with Crippen molar-refractivity contribution in [3.8, 4) is 5.75 Å². The summed E-state index contributed by atoms with van der Waals surface area (Å²) in [6.45, 7) is -0.717. The van der Waals surface area contributed by atoms with Gasteiger partial charge in [0.25, 0.3) is 11.8 Å². The first-order valence-electron chi connectivity index (χ1n) is 7.65. The monoisotopic (exact) mass is 355 g/mol. The quantitative estimate of drug-likeness (QED) is 0.483. The fraction of sp³-hybridized carbons (Fsp3) is 0.111. The summed E-state index contributed by atoms with van der Waals surface area (Å²) in [7, 11) is 0. The molecule has 2 amide bonds. The zero-order chi connectivity index (χ0) is 18.8. The van der Waals surface area contributed by atoms with Crippen LogP contribution in [0.4, 0.5) is 0 Å². The summed E-state index contributed by atoms with van der Waals surface area (Å²) in [5, 5.41) is 14.9. The molecule has 0 spiro atoms. The number of benzene rings is 2. The van der Waals surface area contributed by atoms with E-state index in [2.05, 4.69) is 15.8 Å². The first kappa shape index (κ1) is 18.7. The molecule has 0 aliphatic rings. The SMILES string of the molecule is O=C(O)COc1ccccc1C=NNC(=O)CNC(=O)c1ccccc1. The van der Waals surface area contributed by atoms with Gasteiger partial charge in [0.2, 0.25) is 0 Å². The second-order valence-electron chi connectivity index (χ2n) is 5.06. The highest BCUT2D eigenvalue weighted by Crippen LogP contribution is 2.15. The van der Waals surface area contributed by atoms with Gasteiger partial charge in [-0.15, -0.1) is 0 Å². The zero-order valence-electron chi connectivity index (χ0n) is 13.7. The molecule has 0 heterocycles. The molecule has 2 aromatic carbocycles. The van der Waals surface area contributed by atoms with Gasteiger partial charge in [0.05, 0.1) is 12.8 Å². The van der Waals surface area contributed by atoms with Crippen LogP contribution in [0.1, 0.15) is 15.9 Å². The van der Waals surface area contributed by atoms with E-state index in [9.17, 15) is 14.4 Å². The molecule has 0 bridgehead atoms. The summed E-state index contributed by atoms with van der Waals surface area (Å²) in [5.41, 5.74) is 3.23. The number of carboxylic acids is 1. The maximum atomic E-state index is 11.8. The van der Waals surface area contributed by atoms with E-state index in [0.29, 0.717) is 16.9 Å². The number of amides is 2. The maximum absolute atomic E-state index is 11.8. The van der Waals surface area contributed by atoms with Gasteiger partial charge in [-0.05, 0) is 24.3 Å². The average Bonchev–Trinajstić information content (AvgIpc) is 2.66. The number of rotatable bonds is 8. The average molecular weight is 355 g/mol. The molecule has 0 saturated carbocycles. The highest BCUT2D eigenvalue weighted by molar-refractivity contribution is 5.96.